The summed E-state index contributed by atoms with van der Waals surface area (Å²) in [7, 11) is -3.80. The molecule has 1 unspecified atom stereocenters. The van der Waals surface area contributed by atoms with Crippen molar-refractivity contribution in [1.82, 2.24) is 14.5 Å². The van der Waals surface area contributed by atoms with Crippen LogP contribution >= 0.6 is 0 Å². The van der Waals surface area contributed by atoms with E-state index < -0.39 is 22.0 Å². The lowest BCUT2D eigenvalue weighted by Crippen LogP contribution is -2.37. The predicted octanol–water partition coefficient (Wildman–Crippen LogP) is 2.27. The van der Waals surface area contributed by atoms with Crippen LogP contribution in [0.25, 0.3) is 0 Å². The van der Waals surface area contributed by atoms with Crippen molar-refractivity contribution in [2.45, 2.75) is 57.5 Å². The molecule has 0 saturated carbocycles. The first-order chi connectivity index (χ1) is 12.2. The fraction of sp³-hybridized carbons (Fsp3) is 0.444. The van der Waals surface area contributed by atoms with Crippen LogP contribution in [0.15, 0.2) is 35.2 Å². The molecule has 0 aliphatic rings. The third kappa shape index (κ3) is 4.92. The number of aromatic nitrogens is 2. The molecule has 0 aliphatic heterocycles. The zero-order valence-electron chi connectivity index (χ0n) is 15.3. The Balaban J connectivity index is 2.28. The van der Waals surface area contributed by atoms with Crippen molar-refractivity contribution in [1.29, 1.82) is 0 Å². The molecule has 2 rings (SSSR count). The predicted molar refractivity (Wildman–Crippen MR) is 98.5 cm³/mol. The number of aryl methyl sites for hydroxylation is 2. The number of nitrogens with zero attached hydrogens (tertiary/aromatic N) is 2. The summed E-state index contributed by atoms with van der Waals surface area (Å²) in [5, 5.41) is 13.2. The van der Waals surface area contributed by atoms with Crippen molar-refractivity contribution < 1.29 is 18.3 Å². The first kappa shape index (κ1) is 20.1. The summed E-state index contributed by atoms with van der Waals surface area (Å²) in [5.74, 6) is -0.951. The Labute approximate surface area is 154 Å². The van der Waals surface area contributed by atoms with Gasteiger partial charge in [-0.05, 0) is 39.2 Å². The summed E-state index contributed by atoms with van der Waals surface area (Å²) in [6.45, 7) is 5.86. The molecule has 0 saturated heterocycles. The number of hydrogen-bond acceptors (Lipinski definition) is 4. The number of sulfonamides is 1. The van der Waals surface area contributed by atoms with E-state index in [1.165, 1.54) is 0 Å². The minimum absolute atomic E-state index is 0.105. The molecule has 0 radical (unpaired) electrons. The summed E-state index contributed by atoms with van der Waals surface area (Å²) < 4.78 is 30.2. The van der Waals surface area contributed by atoms with E-state index in [2.05, 4.69) is 9.82 Å². The number of carbonyl (C=O) groups is 1. The van der Waals surface area contributed by atoms with Gasteiger partial charge in [0.1, 0.15) is 4.90 Å². The second-order valence-electron chi connectivity index (χ2n) is 6.26. The Hall–Kier alpha value is -2.19. The molecule has 1 aromatic carbocycles. The summed E-state index contributed by atoms with van der Waals surface area (Å²) in [4.78, 5) is 11.1. The molecule has 7 nitrogen and oxygen atoms in total. The van der Waals surface area contributed by atoms with E-state index in [0.29, 0.717) is 24.4 Å². The molecular weight excluding hydrogens is 354 g/mol. The molecule has 0 aliphatic carbocycles. The molecule has 1 heterocycles. The fourth-order valence-corrected chi connectivity index (χ4v) is 4.74. The molecule has 1 atom stereocenters. The number of rotatable bonds is 9. The van der Waals surface area contributed by atoms with E-state index in [0.717, 1.165) is 5.56 Å². The summed E-state index contributed by atoms with van der Waals surface area (Å²) in [6, 6.07) is 8.91. The van der Waals surface area contributed by atoms with E-state index in [1.54, 1.807) is 18.5 Å². The van der Waals surface area contributed by atoms with Crippen molar-refractivity contribution in [2.75, 3.05) is 0 Å². The second kappa shape index (κ2) is 8.46. The highest BCUT2D eigenvalue weighted by Gasteiger charge is 2.27. The molecule has 8 heteroatoms. The monoisotopic (exact) mass is 379 g/mol. The van der Waals surface area contributed by atoms with E-state index in [9.17, 15) is 13.2 Å². The van der Waals surface area contributed by atoms with Gasteiger partial charge in [0, 0.05) is 19.0 Å². The minimum Gasteiger partial charge on any atom is -0.481 e. The Morgan fingerprint density at radius 3 is 2.46 bits per heavy atom. The van der Waals surface area contributed by atoms with Crippen molar-refractivity contribution in [3.63, 3.8) is 0 Å². The Kier molecular flexibility index (Phi) is 6.55. The number of aliphatic carboxylic acids is 1. The molecule has 0 amide bonds. The van der Waals surface area contributed by atoms with E-state index in [1.807, 2.05) is 37.3 Å². The van der Waals surface area contributed by atoms with E-state index >= 15 is 0 Å². The molecule has 0 bridgehead atoms. The normalized spacial score (nSPS) is 12.9. The van der Waals surface area contributed by atoms with Gasteiger partial charge in [-0.15, -0.1) is 0 Å². The van der Waals surface area contributed by atoms with Crippen molar-refractivity contribution >= 4 is 16.0 Å². The van der Waals surface area contributed by atoms with Gasteiger partial charge < -0.3 is 5.11 Å². The number of hydrogen-bond donors (Lipinski definition) is 2. The van der Waals surface area contributed by atoms with Crippen LogP contribution < -0.4 is 4.72 Å². The maximum absolute atomic E-state index is 12.9. The van der Waals surface area contributed by atoms with Crippen LogP contribution in [-0.4, -0.2) is 35.3 Å². The maximum Gasteiger partial charge on any atom is 0.303 e. The lowest BCUT2D eigenvalue weighted by Gasteiger charge is -2.18. The lowest BCUT2D eigenvalue weighted by atomic mass is 10.0. The largest absolute Gasteiger partial charge is 0.481 e. The Bertz CT molecular complexity index is 860. The standard InChI is InChI=1S/C18H25N3O4S/c1-4-21-14(3)18(13(2)19-21)26(24,25)20-16(10-11-17(22)23)12-15-8-6-5-7-9-15/h5-9,16,20H,4,10-12H2,1-3H3,(H,22,23). The van der Waals surface area contributed by atoms with Crippen molar-refractivity contribution in [2.24, 2.45) is 0 Å². The van der Waals surface area contributed by atoms with Gasteiger partial charge in [-0.25, -0.2) is 13.1 Å². The molecule has 26 heavy (non-hydrogen) atoms. The summed E-state index contributed by atoms with van der Waals surface area (Å²) >= 11 is 0. The van der Waals surface area contributed by atoms with Gasteiger partial charge in [0.25, 0.3) is 0 Å². The van der Waals surface area contributed by atoms with E-state index in [4.69, 9.17) is 5.11 Å². The minimum atomic E-state index is -3.80. The fourth-order valence-electron chi connectivity index (χ4n) is 3.05. The maximum atomic E-state index is 12.9. The summed E-state index contributed by atoms with van der Waals surface area (Å²) in [5.41, 5.74) is 1.96. The van der Waals surface area contributed by atoms with Crippen molar-refractivity contribution in [3.8, 4) is 0 Å². The highest BCUT2D eigenvalue weighted by molar-refractivity contribution is 7.89. The molecule has 0 fully saturated rings. The first-order valence-electron chi connectivity index (χ1n) is 8.56. The zero-order valence-corrected chi connectivity index (χ0v) is 16.1. The van der Waals surface area contributed by atoms with Crippen LogP contribution in [-0.2, 0) is 27.8 Å². The van der Waals surface area contributed by atoms with Gasteiger partial charge in [-0.3, -0.25) is 9.48 Å². The molecule has 2 N–H and O–H groups in total. The van der Waals surface area contributed by atoms with Crippen LogP contribution in [0.2, 0.25) is 0 Å². The Morgan fingerprint density at radius 2 is 1.92 bits per heavy atom. The van der Waals surface area contributed by atoms with Crippen molar-refractivity contribution in [3.05, 3.63) is 47.3 Å². The van der Waals surface area contributed by atoms with Gasteiger partial charge in [0.2, 0.25) is 10.0 Å². The van der Waals surface area contributed by atoms with Crippen LogP contribution in [0.3, 0.4) is 0 Å². The van der Waals surface area contributed by atoms with Crippen LogP contribution in [0.4, 0.5) is 0 Å². The number of benzene rings is 1. The van der Waals surface area contributed by atoms with E-state index in [-0.39, 0.29) is 17.7 Å². The molecule has 2 aromatic rings. The van der Waals surface area contributed by atoms with Crippen LogP contribution in [0.5, 0.6) is 0 Å². The molecule has 142 valence electrons. The highest BCUT2D eigenvalue weighted by Crippen LogP contribution is 2.21. The highest BCUT2D eigenvalue weighted by atomic mass is 32.2. The number of carboxylic acid groups (broad SMARTS) is 1. The third-order valence-electron chi connectivity index (χ3n) is 4.24. The van der Waals surface area contributed by atoms with Gasteiger partial charge in [0.15, 0.2) is 0 Å². The van der Waals surface area contributed by atoms with Gasteiger partial charge in [-0.2, -0.15) is 5.10 Å². The average Bonchev–Trinajstić information content (AvgIpc) is 2.87. The molecule has 0 spiro atoms. The first-order valence-corrected chi connectivity index (χ1v) is 10.0. The molecule has 1 aromatic heterocycles. The SMILES string of the molecule is CCn1nc(C)c(S(=O)(=O)NC(CCC(=O)O)Cc2ccccc2)c1C. The van der Waals surface area contributed by atoms with Gasteiger partial charge >= 0.3 is 5.97 Å². The van der Waals surface area contributed by atoms with Gasteiger partial charge in [0.05, 0.1) is 11.4 Å². The average molecular weight is 379 g/mol. The number of nitrogens with one attached hydrogen (secondary N) is 1. The number of carboxylic acids is 1. The zero-order chi connectivity index (χ0) is 19.3. The molecular formula is C18H25N3O4S. The lowest BCUT2D eigenvalue weighted by molar-refractivity contribution is -0.137. The smallest absolute Gasteiger partial charge is 0.303 e. The topological polar surface area (TPSA) is 101 Å². The second-order valence-corrected chi connectivity index (χ2v) is 7.91. The Morgan fingerprint density at radius 1 is 1.27 bits per heavy atom. The third-order valence-corrected chi connectivity index (χ3v) is 6.01. The van der Waals surface area contributed by atoms with Crippen LogP contribution in [0.1, 0.15) is 36.7 Å². The quantitative estimate of drug-likeness (QED) is 0.696. The van der Waals surface area contributed by atoms with Gasteiger partial charge in [-0.1, -0.05) is 30.3 Å². The summed E-state index contributed by atoms with van der Waals surface area (Å²) in [6.07, 6.45) is 0.531. The van der Waals surface area contributed by atoms with Crippen LogP contribution in [0, 0.1) is 13.8 Å².